The minimum absolute atomic E-state index is 0.0242. The maximum atomic E-state index is 13.5. The van der Waals surface area contributed by atoms with Crippen molar-refractivity contribution in [2.24, 2.45) is 0 Å². The largest absolute Gasteiger partial charge is 0.493 e. The molecule has 0 N–H and O–H groups in total. The highest BCUT2D eigenvalue weighted by molar-refractivity contribution is 6.30. The number of benzene rings is 4. The van der Waals surface area contributed by atoms with Crippen molar-refractivity contribution in [2.75, 3.05) is 13.7 Å². The molecule has 0 radical (unpaired) electrons. The number of hydrogen-bond donors (Lipinski definition) is 0. The number of halogens is 1. The molecular weight excluding hydrogens is 588 g/mol. The first-order valence-electron chi connectivity index (χ1n) is 14.6. The summed E-state index contributed by atoms with van der Waals surface area (Å²) >= 11 is 6.03. The quantitative estimate of drug-likeness (QED) is 0.152. The first kappa shape index (κ1) is 29.9. The van der Waals surface area contributed by atoms with E-state index in [2.05, 4.69) is 24.3 Å². The van der Waals surface area contributed by atoms with Gasteiger partial charge in [0, 0.05) is 33.7 Å². The summed E-state index contributed by atoms with van der Waals surface area (Å²) in [5.74, 6) is 1.31. The molecule has 0 bridgehead atoms. The summed E-state index contributed by atoms with van der Waals surface area (Å²) in [5, 5.41) is 1.29. The highest BCUT2D eigenvalue weighted by atomic mass is 35.5. The van der Waals surface area contributed by atoms with Crippen molar-refractivity contribution in [1.82, 2.24) is 9.55 Å². The molecule has 0 saturated carbocycles. The third-order valence-electron chi connectivity index (χ3n) is 7.89. The molecule has 226 valence electrons. The number of carbonyl (C=O) groups excluding carboxylic acids is 2. The average Bonchev–Trinajstić information content (AvgIpc) is 3.57. The van der Waals surface area contributed by atoms with Crippen molar-refractivity contribution in [1.29, 1.82) is 0 Å². The van der Waals surface area contributed by atoms with Crippen LogP contribution in [0.25, 0.3) is 33.5 Å². The maximum Gasteiger partial charge on any atom is 0.310 e. The highest BCUT2D eigenvalue weighted by Gasteiger charge is 2.22. The molecule has 0 aliphatic heterocycles. The summed E-state index contributed by atoms with van der Waals surface area (Å²) in [6, 6.07) is 30.6. The minimum atomic E-state index is -0.394. The Morgan fingerprint density at radius 3 is 2.27 bits per heavy atom. The normalized spacial score (nSPS) is 11.1. The van der Waals surface area contributed by atoms with E-state index in [9.17, 15) is 9.59 Å². The van der Waals surface area contributed by atoms with Crippen molar-refractivity contribution in [3.63, 3.8) is 0 Å². The van der Waals surface area contributed by atoms with Crippen LogP contribution in [0.3, 0.4) is 0 Å². The van der Waals surface area contributed by atoms with Crippen molar-refractivity contribution in [3.05, 3.63) is 130 Å². The summed E-state index contributed by atoms with van der Waals surface area (Å²) in [5.41, 5.74) is 6.54. The summed E-state index contributed by atoms with van der Waals surface area (Å²) in [7, 11) is 1.35. The third kappa shape index (κ3) is 6.26. The van der Waals surface area contributed by atoms with Crippen LogP contribution in [0.15, 0.2) is 101 Å². The Hall–Kier alpha value is -5.14. The zero-order chi connectivity index (χ0) is 31.5. The van der Waals surface area contributed by atoms with Crippen molar-refractivity contribution < 1.29 is 23.5 Å². The van der Waals surface area contributed by atoms with Crippen molar-refractivity contribution >= 4 is 34.4 Å². The lowest BCUT2D eigenvalue weighted by atomic mass is 10.0. The van der Waals surface area contributed by atoms with Gasteiger partial charge in [-0.2, -0.15) is 0 Å². The lowest BCUT2D eigenvalue weighted by Crippen LogP contribution is -2.14. The van der Waals surface area contributed by atoms with Gasteiger partial charge in [0.15, 0.2) is 0 Å². The van der Waals surface area contributed by atoms with Crippen LogP contribution in [-0.4, -0.2) is 35.1 Å². The highest BCUT2D eigenvalue weighted by Crippen LogP contribution is 2.32. The van der Waals surface area contributed by atoms with Gasteiger partial charge in [-0.05, 0) is 85.1 Å². The lowest BCUT2D eigenvalue weighted by molar-refractivity contribution is -0.139. The Balaban J connectivity index is 1.20. The molecule has 0 amide bonds. The summed E-state index contributed by atoms with van der Waals surface area (Å²) in [4.78, 5) is 30.6. The number of ether oxygens (including phenoxy) is 2. The van der Waals surface area contributed by atoms with Crippen LogP contribution in [-0.2, 0) is 22.4 Å². The monoisotopic (exact) mass is 618 g/mol. The fraction of sp³-hybridized carbons (Fsp3) is 0.162. The molecule has 0 saturated heterocycles. The number of esters is 1. The first-order valence-corrected chi connectivity index (χ1v) is 15.0. The molecule has 0 atom stereocenters. The van der Waals surface area contributed by atoms with Crippen LogP contribution >= 0.6 is 11.6 Å². The Morgan fingerprint density at radius 2 is 1.56 bits per heavy atom. The van der Waals surface area contributed by atoms with E-state index in [0.29, 0.717) is 52.0 Å². The van der Waals surface area contributed by atoms with Crippen LogP contribution in [0, 0.1) is 13.8 Å². The number of hydrogen-bond acceptors (Lipinski definition) is 6. The van der Waals surface area contributed by atoms with E-state index < -0.39 is 5.97 Å². The van der Waals surface area contributed by atoms with Gasteiger partial charge in [0.2, 0.25) is 5.89 Å². The van der Waals surface area contributed by atoms with Crippen LogP contribution < -0.4 is 4.74 Å². The van der Waals surface area contributed by atoms with Crippen LogP contribution in [0.2, 0.25) is 5.02 Å². The SMILES string of the molecule is COC(=O)Cc1c(C)n(C(=O)c2ccc(Cl)cc2)c2ccc(OCCc3nc(-c4ccc(-c5ccccc5)cc4)oc3C)cc12. The van der Waals surface area contributed by atoms with Crippen molar-refractivity contribution in [3.8, 4) is 28.3 Å². The van der Waals surface area contributed by atoms with E-state index in [1.165, 1.54) is 7.11 Å². The molecule has 6 rings (SSSR count). The summed E-state index contributed by atoms with van der Waals surface area (Å²) < 4.78 is 18.7. The molecule has 0 aliphatic rings. The molecule has 2 aromatic heterocycles. The summed E-state index contributed by atoms with van der Waals surface area (Å²) in [6.07, 6.45) is 0.565. The van der Waals surface area contributed by atoms with Gasteiger partial charge in [0.1, 0.15) is 11.5 Å². The zero-order valence-corrected chi connectivity index (χ0v) is 25.9. The Kier molecular flexibility index (Phi) is 8.54. The third-order valence-corrected chi connectivity index (χ3v) is 8.14. The molecule has 8 heteroatoms. The Bertz CT molecular complexity index is 1990. The molecule has 7 nitrogen and oxygen atoms in total. The van der Waals surface area contributed by atoms with Gasteiger partial charge in [0.25, 0.3) is 5.91 Å². The van der Waals surface area contributed by atoms with Crippen LogP contribution in [0.5, 0.6) is 5.75 Å². The number of oxazole rings is 1. The van der Waals surface area contributed by atoms with E-state index in [-0.39, 0.29) is 12.3 Å². The second-order valence-electron chi connectivity index (χ2n) is 10.7. The maximum absolute atomic E-state index is 13.5. The topological polar surface area (TPSA) is 83.6 Å². The number of aryl methyl sites for hydroxylation is 1. The van der Waals surface area contributed by atoms with Crippen LogP contribution in [0.1, 0.15) is 33.1 Å². The van der Waals surface area contributed by atoms with E-state index in [1.807, 2.05) is 62.4 Å². The molecule has 0 spiro atoms. The van der Waals surface area contributed by atoms with E-state index >= 15 is 0 Å². The molecular formula is C37H31ClN2O5. The van der Waals surface area contributed by atoms with Gasteiger partial charge < -0.3 is 13.9 Å². The predicted octanol–water partition coefficient (Wildman–Crippen LogP) is 8.26. The standard InChI is InChI=1S/C37H31ClN2O5/c1-23-31(22-35(41)43-3)32-21-30(17-18-34(32)40(23)37(42)28-13-15-29(38)16-14-28)44-20-19-33-24(2)45-36(39-33)27-11-9-26(10-12-27)25-7-5-4-6-8-25/h4-18,21H,19-20,22H2,1-3H3. The van der Waals surface area contributed by atoms with Gasteiger partial charge in [-0.3, -0.25) is 14.2 Å². The van der Waals surface area contributed by atoms with E-state index in [1.54, 1.807) is 28.8 Å². The second-order valence-corrected chi connectivity index (χ2v) is 11.1. The number of nitrogens with zero attached hydrogens (tertiary/aromatic N) is 2. The number of fused-ring (bicyclic) bond motifs is 1. The van der Waals surface area contributed by atoms with Crippen molar-refractivity contribution in [2.45, 2.75) is 26.7 Å². The molecule has 0 unspecified atom stereocenters. The second kappa shape index (κ2) is 12.8. The molecule has 4 aromatic carbocycles. The molecule has 0 fully saturated rings. The average molecular weight is 619 g/mol. The van der Waals surface area contributed by atoms with E-state index in [4.69, 9.17) is 30.5 Å². The Morgan fingerprint density at radius 1 is 0.867 bits per heavy atom. The number of rotatable bonds is 9. The smallest absolute Gasteiger partial charge is 0.310 e. The molecule has 0 aliphatic carbocycles. The molecule has 2 heterocycles. The number of carbonyl (C=O) groups is 2. The fourth-order valence-electron chi connectivity index (χ4n) is 5.46. The first-order chi connectivity index (χ1) is 21.8. The van der Waals surface area contributed by atoms with Gasteiger partial charge >= 0.3 is 5.97 Å². The minimum Gasteiger partial charge on any atom is -0.493 e. The van der Waals surface area contributed by atoms with E-state index in [0.717, 1.165) is 33.5 Å². The predicted molar refractivity (Wildman–Crippen MR) is 175 cm³/mol. The number of aromatic nitrogens is 2. The molecule has 6 aromatic rings. The van der Waals surface area contributed by atoms with Crippen LogP contribution in [0.4, 0.5) is 0 Å². The lowest BCUT2D eigenvalue weighted by Gasteiger charge is -2.09. The Labute approximate surface area is 266 Å². The van der Waals surface area contributed by atoms with Gasteiger partial charge in [-0.15, -0.1) is 0 Å². The van der Waals surface area contributed by atoms with Gasteiger partial charge in [-0.25, -0.2) is 4.98 Å². The number of methoxy groups -OCH3 is 1. The fourth-order valence-corrected chi connectivity index (χ4v) is 5.59. The summed E-state index contributed by atoms with van der Waals surface area (Å²) in [6.45, 7) is 4.09. The zero-order valence-electron chi connectivity index (χ0n) is 25.2. The molecule has 45 heavy (non-hydrogen) atoms. The van der Waals surface area contributed by atoms with Gasteiger partial charge in [0.05, 0.1) is 31.3 Å². The van der Waals surface area contributed by atoms with Gasteiger partial charge in [-0.1, -0.05) is 54.1 Å².